The lowest BCUT2D eigenvalue weighted by Gasteiger charge is -2.26. The van der Waals surface area contributed by atoms with E-state index in [9.17, 15) is 5.11 Å². The van der Waals surface area contributed by atoms with Crippen LogP contribution in [0.25, 0.3) is 0 Å². The minimum Gasteiger partial charge on any atom is -0.392 e. The van der Waals surface area contributed by atoms with Gasteiger partial charge in [0.25, 0.3) is 0 Å². The first-order valence-corrected chi connectivity index (χ1v) is 4.10. The van der Waals surface area contributed by atoms with E-state index in [1.807, 2.05) is 0 Å². The van der Waals surface area contributed by atoms with Gasteiger partial charge in [0.2, 0.25) is 0 Å². The van der Waals surface area contributed by atoms with Crippen molar-refractivity contribution in [3.05, 3.63) is 0 Å². The van der Waals surface area contributed by atoms with Gasteiger partial charge >= 0.3 is 0 Å². The zero-order valence-corrected chi connectivity index (χ0v) is 7.51. The Morgan fingerprint density at radius 3 is 2.27 bits per heavy atom. The third-order valence-corrected chi connectivity index (χ3v) is 1.88. The van der Waals surface area contributed by atoms with E-state index in [0.29, 0.717) is 13.1 Å². The van der Waals surface area contributed by atoms with Crippen LogP contribution in [-0.2, 0) is 0 Å². The highest BCUT2D eigenvalue weighted by Crippen LogP contribution is 2.25. The molecular weight excluding hydrogens is 140 g/mol. The van der Waals surface area contributed by atoms with E-state index in [4.69, 9.17) is 11.5 Å². The van der Waals surface area contributed by atoms with E-state index < -0.39 is 0 Å². The van der Waals surface area contributed by atoms with Gasteiger partial charge in [0, 0.05) is 6.54 Å². The molecule has 0 aromatic carbocycles. The molecule has 0 radical (unpaired) electrons. The minimum absolute atomic E-state index is 0.119. The molecule has 1 unspecified atom stereocenters. The third-order valence-electron chi connectivity index (χ3n) is 1.88. The highest BCUT2D eigenvalue weighted by molar-refractivity contribution is 4.73. The lowest BCUT2D eigenvalue weighted by atomic mass is 9.83. The Bertz CT molecular complexity index is 104. The molecule has 3 heteroatoms. The number of aliphatic hydroxyl groups excluding tert-OH is 1. The topological polar surface area (TPSA) is 72.3 Å². The Morgan fingerprint density at radius 2 is 1.91 bits per heavy atom. The second kappa shape index (κ2) is 4.70. The molecule has 1 atom stereocenters. The van der Waals surface area contributed by atoms with Gasteiger partial charge in [-0.15, -0.1) is 0 Å². The van der Waals surface area contributed by atoms with Crippen LogP contribution in [0.3, 0.4) is 0 Å². The van der Waals surface area contributed by atoms with Crippen LogP contribution in [0.2, 0.25) is 0 Å². The van der Waals surface area contributed by atoms with Crippen LogP contribution in [0.5, 0.6) is 0 Å². The van der Waals surface area contributed by atoms with E-state index >= 15 is 0 Å². The van der Waals surface area contributed by atoms with Gasteiger partial charge in [-0.3, -0.25) is 0 Å². The van der Waals surface area contributed by atoms with Crippen molar-refractivity contribution in [3.8, 4) is 0 Å². The van der Waals surface area contributed by atoms with E-state index in [-0.39, 0.29) is 11.5 Å². The van der Waals surface area contributed by atoms with Crippen LogP contribution < -0.4 is 11.5 Å². The zero-order valence-electron chi connectivity index (χ0n) is 7.51. The standard InChI is InChI=1S/C8H20N2O/c1-8(2,3-4-9)5-7(11)6-10/h7,11H,3-6,9-10H2,1-2H3. The number of nitrogens with two attached hydrogens (primary N) is 2. The van der Waals surface area contributed by atoms with Crippen molar-refractivity contribution in [2.24, 2.45) is 16.9 Å². The second-order valence-corrected chi connectivity index (χ2v) is 3.80. The van der Waals surface area contributed by atoms with Crippen LogP contribution in [-0.4, -0.2) is 24.3 Å². The number of rotatable bonds is 5. The molecule has 0 aromatic rings. The van der Waals surface area contributed by atoms with Gasteiger partial charge in [0.1, 0.15) is 0 Å². The van der Waals surface area contributed by atoms with Crippen LogP contribution >= 0.6 is 0 Å². The molecule has 0 amide bonds. The average Bonchev–Trinajstić information content (AvgIpc) is 1.86. The van der Waals surface area contributed by atoms with Crippen LogP contribution in [0.15, 0.2) is 0 Å². The fourth-order valence-corrected chi connectivity index (χ4v) is 1.21. The second-order valence-electron chi connectivity index (χ2n) is 3.80. The van der Waals surface area contributed by atoms with Crippen molar-refractivity contribution in [2.45, 2.75) is 32.8 Å². The summed E-state index contributed by atoms with van der Waals surface area (Å²) < 4.78 is 0. The highest BCUT2D eigenvalue weighted by Gasteiger charge is 2.20. The fourth-order valence-electron chi connectivity index (χ4n) is 1.21. The van der Waals surface area contributed by atoms with Crippen LogP contribution in [0, 0.1) is 5.41 Å². The van der Waals surface area contributed by atoms with Gasteiger partial charge in [0.15, 0.2) is 0 Å². The van der Waals surface area contributed by atoms with Crippen molar-refractivity contribution >= 4 is 0 Å². The molecule has 0 rings (SSSR count). The summed E-state index contributed by atoms with van der Waals surface area (Å²) in [4.78, 5) is 0. The largest absolute Gasteiger partial charge is 0.392 e. The maximum atomic E-state index is 9.25. The Kier molecular flexibility index (Phi) is 4.65. The van der Waals surface area contributed by atoms with E-state index in [1.54, 1.807) is 0 Å². The molecule has 11 heavy (non-hydrogen) atoms. The molecular formula is C8H20N2O. The van der Waals surface area contributed by atoms with Crippen molar-refractivity contribution in [1.82, 2.24) is 0 Å². The molecule has 0 bridgehead atoms. The molecule has 0 fully saturated rings. The average molecular weight is 160 g/mol. The Balaban J connectivity index is 3.70. The number of hydrogen-bond donors (Lipinski definition) is 3. The molecule has 0 aliphatic rings. The summed E-state index contributed by atoms with van der Waals surface area (Å²) in [6.07, 6.45) is 1.29. The molecule has 0 aliphatic carbocycles. The first-order chi connectivity index (χ1) is 5.02. The Morgan fingerprint density at radius 1 is 1.36 bits per heavy atom. The molecule has 3 nitrogen and oxygen atoms in total. The summed E-state index contributed by atoms with van der Waals surface area (Å²) in [6.45, 7) is 5.20. The summed E-state index contributed by atoms with van der Waals surface area (Å²) in [7, 11) is 0. The molecule has 0 heterocycles. The van der Waals surface area contributed by atoms with Crippen molar-refractivity contribution in [1.29, 1.82) is 0 Å². The van der Waals surface area contributed by atoms with Crippen LogP contribution in [0.1, 0.15) is 26.7 Å². The molecule has 0 saturated carbocycles. The number of aliphatic hydroxyl groups is 1. The molecule has 0 spiro atoms. The normalized spacial score (nSPS) is 15.0. The Labute approximate surface area is 68.8 Å². The van der Waals surface area contributed by atoms with Crippen molar-refractivity contribution in [2.75, 3.05) is 13.1 Å². The maximum Gasteiger partial charge on any atom is 0.0667 e. The summed E-state index contributed by atoms with van der Waals surface area (Å²) in [5.41, 5.74) is 10.8. The maximum absolute atomic E-state index is 9.25. The molecule has 0 aromatic heterocycles. The van der Waals surface area contributed by atoms with E-state index in [1.165, 1.54) is 0 Å². The highest BCUT2D eigenvalue weighted by atomic mass is 16.3. The lowest BCUT2D eigenvalue weighted by molar-refractivity contribution is 0.117. The first kappa shape index (κ1) is 10.9. The zero-order chi connectivity index (χ0) is 8.91. The summed E-state index contributed by atoms with van der Waals surface area (Å²) in [5, 5.41) is 9.25. The van der Waals surface area contributed by atoms with Gasteiger partial charge in [0.05, 0.1) is 6.10 Å². The monoisotopic (exact) mass is 160 g/mol. The van der Waals surface area contributed by atoms with Gasteiger partial charge in [-0.2, -0.15) is 0 Å². The predicted octanol–water partition coefficient (Wildman–Crippen LogP) is 0.0711. The van der Waals surface area contributed by atoms with Crippen molar-refractivity contribution in [3.63, 3.8) is 0 Å². The lowest BCUT2D eigenvalue weighted by Crippen LogP contribution is -2.28. The first-order valence-electron chi connectivity index (χ1n) is 4.10. The van der Waals surface area contributed by atoms with Gasteiger partial charge in [-0.05, 0) is 24.8 Å². The van der Waals surface area contributed by atoms with Gasteiger partial charge in [-0.25, -0.2) is 0 Å². The summed E-state index contributed by atoms with van der Waals surface area (Å²) in [6, 6.07) is 0. The predicted molar refractivity (Wildman–Crippen MR) is 47.1 cm³/mol. The van der Waals surface area contributed by atoms with Crippen LogP contribution in [0.4, 0.5) is 0 Å². The molecule has 0 saturated heterocycles. The van der Waals surface area contributed by atoms with E-state index in [0.717, 1.165) is 12.8 Å². The SMILES string of the molecule is CC(C)(CCN)CC(O)CN. The van der Waals surface area contributed by atoms with Crippen molar-refractivity contribution < 1.29 is 5.11 Å². The smallest absolute Gasteiger partial charge is 0.0667 e. The van der Waals surface area contributed by atoms with Gasteiger partial charge < -0.3 is 16.6 Å². The molecule has 68 valence electrons. The quantitative estimate of drug-likeness (QED) is 0.533. The number of hydrogen-bond acceptors (Lipinski definition) is 3. The fraction of sp³-hybridized carbons (Fsp3) is 1.00. The molecule has 0 aliphatic heterocycles. The summed E-state index contributed by atoms with van der Waals surface area (Å²) >= 11 is 0. The third kappa shape index (κ3) is 5.18. The van der Waals surface area contributed by atoms with Gasteiger partial charge in [-0.1, -0.05) is 13.8 Å². The molecule has 5 N–H and O–H groups in total. The van der Waals surface area contributed by atoms with E-state index in [2.05, 4.69) is 13.8 Å². The summed E-state index contributed by atoms with van der Waals surface area (Å²) in [5.74, 6) is 0. The Hall–Kier alpha value is -0.120. The minimum atomic E-state index is -0.378.